The molecule has 0 radical (unpaired) electrons. The van der Waals surface area contributed by atoms with Gasteiger partial charge in [-0.3, -0.25) is 0 Å². The van der Waals surface area contributed by atoms with Crippen LogP contribution < -0.4 is 10.5 Å². The van der Waals surface area contributed by atoms with Crippen LogP contribution in [0.2, 0.25) is 10.0 Å². The molecule has 0 aliphatic carbocycles. The van der Waals surface area contributed by atoms with E-state index in [9.17, 15) is 0 Å². The minimum absolute atomic E-state index is 0.254. The van der Waals surface area contributed by atoms with E-state index in [0.29, 0.717) is 27.2 Å². The highest BCUT2D eigenvalue weighted by atomic mass is 35.5. The Morgan fingerprint density at radius 1 is 1.32 bits per heavy atom. The van der Waals surface area contributed by atoms with Crippen molar-refractivity contribution in [1.82, 2.24) is 4.98 Å². The predicted molar refractivity (Wildman–Crippen MR) is 74.2 cm³/mol. The van der Waals surface area contributed by atoms with Crippen molar-refractivity contribution in [3.63, 3.8) is 0 Å². The molecule has 2 rings (SSSR count). The topological polar surface area (TPSA) is 71.9 Å². The van der Waals surface area contributed by atoms with E-state index in [1.54, 1.807) is 30.5 Å². The van der Waals surface area contributed by atoms with Gasteiger partial charge in [0.25, 0.3) is 0 Å². The second-order valence-corrected chi connectivity index (χ2v) is 4.60. The number of nitrogens with two attached hydrogens (primary N) is 1. The predicted octanol–water partition coefficient (Wildman–Crippen LogP) is 3.42. The number of rotatable bonds is 3. The van der Waals surface area contributed by atoms with Crippen molar-refractivity contribution < 1.29 is 4.74 Å². The summed E-state index contributed by atoms with van der Waals surface area (Å²) in [5.74, 6) is 0.385. The van der Waals surface area contributed by atoms with Gasteiger partial charge in [0.2, 0.25) is 0 Å². The number of hydrogen-bond acceptors (Lipinski definition) is 4. The van der Waals surface area contributed by atoms with Gasteiger partial charge in [-0.05, 0) is 18.2 Å². The highest BCUT2D eigenvalue weighted by Crippen LogP contribution is 2.34. The Morgan fingerprint density at radius 2 is 2.11 bits per heavy atom. The Hall–Kier alpha value is -1.96. The Morgan fingerprint density at radius 3 is 2.68 bits per heavy atom. The smallest absolute Gasteiger partial charge is 0.161 e. The molecule has 1 aromatic heterocycles. The third-order valence-electron chi connectivity index (χ3n) is 2.36. The molecular weight excluding hydrogens is 285 g/mol. The van der Waals surface area contributed by atoms with Crippen molar-refractivity contribution in [3.05, 3.63) is 51.8 Å². The molecule has 6 heteroatoms. The van der Waals surface area contributed by atoms with Gasteiger partial charge in [0.15, 0.2) is 5.75 Å². The zero-order chi connectivity index (χ0) is 13.8. The molecule has 0 aliphatic rings. The van der Waals surface area contributed by atoms with E-state index >= 15 is 0 Å². The summed E-state index contributed by atoms with van der Waals surface area (Å²) in [5, 5.41) is 9.45. The van der Waals surface area contributed by atoms with E-state index in [1.165, 1.54) is 0 Å². The first-order chi connectivity index (χ1) is 9.10. The monoisotopic (exact) mass is 293 g/mol. The molecule has 1 aromatic carbocycles. The summed E-state index contributed by atoms with van der Waals surface area (Å²) in [7, 11) is 0. The van der Waals surface area contributed by atoms with E-state index in [2.05, 4.69) is 4.98 Å². The van der Waals surface area contributed by atoms with Gasteiger partial charge in [-0.25, -0.2) is 4.98 Å². The molecule has 0 aliphatic heterocycles. The molecule has 0 spiro atoms. The number of hydrogen-bond donors (Lipinski definition) is 1. The summed E-state index contributed by atoms with van der Waals surface area (Å²) >= 11 is 11.8. The van der Waals surface area contributed by atoms with Crippen LogP contribution >= 0.6 is 23.2 Å². The zero-order valence-corrected chi connectivity index (χ0v) is 11.2. The highest BCUT2D eigenvalue weighted by Gasteiger charge is 2.08. The van der Waals surface area contributed by atoms with Crippen molar-refractivity contribution in [3.8, 4) is 11.8 Å². The number of benzene rings is 1. The number of aromatic nitrogens is 1. The largest absolute Gasteiger partial charge is 0.485 e. The van der Waals surface area contributed by atoms with Crippen LogP contribution in [0, 0.1) is 11.3 Å². The van der Waals surface area contributed by atoms with Crippen molar-refractivity contribution >= 4 is 28.9 Å². The van der Waals surface area contributed by atoms with Crippen LogP contribution in [-0.2, 0) is 6.61 Å². The Kier molecular flexibility index (Phi) is 4.10. The van der Waals surface area contributed by atoms with Crippen molar-refractivity contribution in [2.24, 2.45) is 0 Å². The Balaban J connectivity index is 2.12. The number of anilines is 1. The maximum Gasteiger partial charge on any atom is 0.161 e. The fourth-order valence-electron chi connectivity index (χ4n) is 1.46. The van der Waals surface area contributed by atoms with Crippen LogP contribution in [0.4, 0.5) is 5.69 Å². The molecular formula is C13H9Cl2N3O. The maximum atomic E-state index is 8.64. The van der Waals surface area contributed by atoms with Crippen molar-refractivity contribution in [1.29, 1.82) is 5.26 Å². The lowest BCUT2D eigenvalue weighted by atomic mass is 10.2. The molecule has 0 atom stereocenters. The molecule has 4 nitrogen and oxygen atoms in total. The number of nitrogen functional groups attached to an aromatic ring is 1. The summed E-state index contributed by atoms with van der Waals surface area (Å²) < 4.78 is 5.54. The van der Waals surface area contributed by atoms with Crippen molar-refractivity contribution in [2.75, 3.05) is 5.73 Å². The van der Waals surface area contributed by atoms with Gasteiger partial charge in [-0.15, -0.1) is 0 Å². The lowest BCUT2D eigenvalue weighted by Crippen LogP contribution is -2.00. The number of ether oxygens (including phenoxy) is 1. The number of pyridine rings is 1. The first kappa shape index (κ1) is 13.5. The van der Waals surface area contributed by atoms with Crippen molar-refractivity contribution in [2.45, 2.75) is 6.61 Å². The zero-order valence-electron chi connectivity index (χ0n) is 9.73. The lowest BCUT2D eigenvalue weighted by molar-refractivity contribution is 0.307. The third-order valence-corrected chi connectivity index (χ3v) is 2.86. The third kappa shape index (κ3) is 3.28. The molecule has 0 saturated carbocycles. The quantitative estimate of drug-likeness (QED) is 0.880. The number of nitriles is 1. The van der Waals surface area contributed by atoms with E-state index < -0.39 is 0 Å². The summed E-state index contributed by atoms with van der Waals surface area (Å²) in [5.41, 5.74) is 7.32. The molecule has 1 heterocycles. The Labute approximate surface area is 120 Å². The molecule has 2 N–H and O–H groups in total. The minimum atomic E-state index is 0.254. The van der Waals surface area contributed by atoms with Gasteiger partial charge < -0.3 is 10.5 Å². The van der Waals surface area contributed by atoms with Gasteiger partial charge in [0.05, 0.1) is 10.7 Å². The summed E-state index contributed by atoms with van der Waals surface area (Å²) in [6.07, 6.45) is 1.57. The van der Waals surface area contributed by atoms with Crippen LogP contribution in [-0.4, -0.2) is 4.98 Å². The normalized spacial score (nSPS) is 9.95. The maximum absolute atomic E-state index is 8.64. The van der Waals surface area contributed by atoms with Gasteiger partial charge in [-0.1, -0.05) is 29.3 Å². The molecule has 0 amide bonds. The number of nitrogens with zero attached hydrogens (tertiary/aromatic N) is 2. The number of halogens is 2. The van der Waals surface area contributed by atoms with E-state index in [-0.39, 0.29) is 6.61 Å². The second-order valence-electron chi connectivity index (χ2n) is 3.76. The molecule has 0 saturated heterocycles. The molecule has 0 bridgehead atoms. The SMILES string of the molecule is N#Cc1ccc(COc2c(N)cc(Cl)cc2Cl)cn1. The molecule has 2 aromatic rings. The first-order valence-electron chi connectivity index (χ1n) is 5.32. The van der Waals surface area contributed by atoms with Gasteiger partial charge in [0.1, 0.15) is 18.4 Å². The van der Waals surface area contributed by atoms with E-state index in [4.69, 9.17) is 38.9 Å². The summed E-state index contributed by atoms with van der Waals surface area (Å²) in [6.45, 7) is 0.254. The first-order valence-corrected chi connectivity index (χ1v) is 6.08. The van der Waals surface area contributed by atoms with Gasteiger partial charge >= 0.3 is 0 Å². The van der Waals surface area contributed by atoms with Crippen LogP contribution in [0.15, 0.2) is 30.5 Å². The fourth-order valence-corrected chi connectivity index (χ4v) is 2.03. The van der Waals surface area contributed by atoms with E-state index in [0.717, 1.165) is 5.56 Å². The van der Waals surface area contributed by atoms with E-state index in [1.807, 2.05) is 6.07 Å². The molecule has 19 heavy (non-hydrogen) atoms. The molecule has 96 valence electrons. The highest BCUT2D eigenvalue weighted by molar-refractivity contribution is 6.36. The van der Waals surface area contributed by atoms with Crippen LogP contribution in [0.3, 0.4) is 0 Å². The van der Waals surface area contributed by atoms with Crippen LogP contribution in [0.1, 0.15) is 11.3 Å². The lowest BCUT2D eigenvalue weighted by Gasteiger charge is -2.11. The van der Waals surface area contributed by atoms with Gasteiger partial charge in [0, 0.05) is 16.8 Å². The molecule has 0 unspecified atom stereocenters. The summed E-state index contributed by atoms with van der Waals surface area (Å²) in [4.78, 5) is 3.94. The van der Waals surface area contributed by atoms with Crippen LogP contribution in [0.25, 0.3) is 0 Å². The summed E-state index contributed by atoms with van der Waals surface area (Å²) in [6, 6.07) is 8.45. The average molecular weight is 294 g/mol. The van der Waals surface area contributed by atoms with Gasteiger partial charge in [-0.2, -0.15) is 5.26 Å². The van der Waals surface area contributed by atoms with Crippen LogP contribution in [0.5, 0.6) is 5.75 Å². The average Bonchev–Trinajstić information content (AvgIpc) is 2.38. The molecule has 0 fully saturated rings. The Bertz CT molecular complexity index is 612. The second kappa shape index (κ2) is 5.79. The minimum Gasteiger partial charge on any atom is -0.485 e. The fraction of sp³-hybridized carbons (Fsp3) is 0.0769. The standard InChI is InChI=1S/C13H9Cl2N3O/c14-9-3-11(15)13(12(17)4-9)19-7-8-1-2-10(5-16)18-6-8/h1-4,6H,7,17H2.